The molecule has 2 rings (SSSR count). The zero-order chi connectivity index (χ0) is 13.7. The minimum atomic E-state index is 0.528. The fourth-order valence-electron chi connectivity index (χ4n) is 1.95. The van der Waals surface area contributed by atoms with E-state index in [4.69, 9.17) is 4.74 Å². The van der Waals surface area contributed by atoms with E-state index in [0.29, 0.717) is 18.6 Å². The fraction of sp³-hybridized carbons (Fsp3) is 0.412. The molecule has 1 unspecified atom stereocenters. The van der Waals surface area contributed by atoms with Crippen LogP contribution in [0.25, 0.3) is 10.8 Å². The Bertz CT molecular complexity index is 521. The number of nitrogens with one attached hydrogen (secondary N) is 1. The highest BCUT2D eigenvalue weighted by atomic mass is 16.5. The second kappa shape index (κ2) is 6.58. The van der Waals surface area contributed by atoms with Crippen molar-refractivity contribution in [1.82, 2.24) is 5.32 Å². The Morgan fingerprint density at radius 2 is 1.74 bits per heavy atom. The lowest BCUT2D eigenvalue weighted by atomic mass is 10.1. The molecular weight excluding hydrogens is 234 g/mol. The molecule has 0 saturated heterocycles. The fourth-order valence-corrected chi connectivity index (χ4v) is 1.95. The Kier molecular flexibility index (Phi) is 4.80. The van der Waals surface area contributed by atoms with Gasteiger partial charge in [-0.2, -0.15) is 0 Å². The Hall–Kier alpha value is -1.54. The summed E-state index contributed by atoms with van der Waals surface area (Å²) in [5, 5.41) is 5.94. The minimum Gasteiger partial charge on any atom is -0.492 e. The van der Waals surface area contributed by atoms with Crippen LogP contribution in [0.4, 0.5) is 0 Å². The quantitative estimate of drug-likeness (QED) is 0.794. The summed E-state index contributed by atoms with van der Waals surface area (Å²) < 4.78 is 5.78. The maximum Gasteiger partial charge on any atom is 0.120 e. The van der Waals surface area contributed by atoms with Gasteiger partial charge in [0.15, 0.2) is 0 Å². The Morgan fingerprint density at radius 1 is 1.00 bits per heavy atom. The summed E-state index contributed by atoms with van der Waals surface area (Å²) in [5.74, 6) is 1.60. The molecule has 2 aromatic carbocycles. The maximum absolute atomic E-state index is 5.78. The molecule has 0 aliphatic heterocycles. The van der Waals surface area contributed by atoms with Crippen molar-refractivity contribution in [2.45, 2.75) is 26.8 Å². The summed E-state index contributed by atoms with van der Waals surface area (Å²) in [7, 11) is 0. The third-order valence-electron chi connectivity index (χ3n) is 3.56. The largest absolute Gasteiger partial charge is 0.492 e. The number of benzene rings is 2. The molecule has 2 heteroatoms. The first kappa shape index (κ1) is 13.9. The SMILES string of the molecule is CC(C)C(C)NCCOc1ccc2ccccc2c1. The number of hydrogen-bond acceptors (Lipinski definition) is 2. The van der Waals surface area contributed by atoms with Gasteiger partial charge in [-0.1, -0.05) is 44.2 Å². The molecule has 0 radical (unpaired) electrons. The number of rotatable bonds is 6. The van der Waals surface area contributed by atoms with Gasteiger partial charge in [-0.05, 0) is 35.7 Å². The van der Waals surface area contributed by atoms with E-state index in [2.05, 4.69) is 62.5 Å². The van der Waals surface area contributed by atoms with E-state index in [-0.39, 0.29) is 0 Å². The highest BCUT2D eigenvalue weighted by Crippen LogP contribution is 2.20. The molecule has 0 aliphatic rings. The van der Waals surface area contributed by atoms with Crippen molar-refractivity contribution in [3.8, 4) is 5.75 Å². The maximum atomic E-state index is 5.78. The smallest absolute Gasteiger partial charge is 0.120 e. The summed E-state index contributed by atoms with van der Waals surface area (Å²) in [5.41, 5.74) is 0. The van der Waals surface area contributed by atoms with Crippen molar-refractivity contribution in [1.29, 1.82) is 0 Å². The lowest BCUT2D eigenvalue weighted by molar-refractivity contribution is 0.297. The van der Waals surface area contributed by atoms with Gasteiger partial charge >= 0.3 is 0 Å². The van der Waals surface area contributed by atoms with Crippen molar-refractivity contribution in [2.75, 3.05) is 13.2 Å². The molecule has 1 N–H and O–H groups in total. The van der Waals surface area contributed by atoms with Crippen LogP contribution in [0.5, 0.6) is 5.75 Å². The molecule has 0 spiro atoms. The van der Waals surface area contributed by atoms with Gasteiger partial charge in [-0.25, -0.2) is 0 Å². The van der Waals surface area contributed by atoms with E-state index in [9.17, 15) is 0 Å². The Balaban J connectivity index is 1.85. The molecule has 0 bridgehead atoms. The normalized spacial score (nSPS) is 12.8. The Labute approximate surface area is 115 Å². The number of fused-ring (bicyclic) bond motifs is 1. The number of hydrogen-bond donors (Lipinski definition) is 1. The molecule has 0 fully saturated rings. The highest BCUT2D eigenvalue weighted by Gasteiger charge is 2.05. The van der Waals surface area contributed by atoms with Crippen LogP contribution in [0.2, 0.25) is 0 Å². The van der Waals surface area contributed by atoms with Crippen molar-refractivity contribution in [3.63, 3.8) is 0 Å². The molecule has 0 heterocycles. The third-order valence-corrected chi connectivity index (χ3v) is 3.56. The topological polar surface area (TPSA) is 21.3 Å². The van der Waals surface area contributed by atoms with Crippen molar-refractivity contribution >= 4 is 10.8 Å². The van der Waals surface area contributed by atoms with Crippen LogP contribution in [0, 0.1) is 5.92 Å². The van der Waals surface area contributed by atoms with Crippen LogP contribution in [0.3, 0.4) is 0 Å². The van der Waals surface area contributed by atoms with Gasteiger partial charge in [0.1, 0.15) is 12.4 Å². The van der Waals surface area contributed by atoms with Gasteiger partial charge in [-0.15, -0.1) is 0 Å². The van der Waals surface area contributed by atoms with E-state index in [1.807, 2.05) is 6.07 Å². The van der Waals surface area contributed by atoms with Crippen LogP contribution in [-0.4, -0.2) is 19.2 Å². The highest BCUT2D eigenvalue weighted by molar-refractivity contribution is 5.83. The van der Waals surface area contributed by atoms with E-state index < -0.39 is 0 Å². The molecule has 0 aliphatic carbocycles. The van der Waals surface area contributed by atoms with Crippen LogP contribution >= 0.6 is 0 Å². The average Bonchev–Trinajstić information content (AvgIpc) is 2.43. The van der Waals surface area contributed by atoms with Gasteiger partial charge in [0.25, 0.3) is 0 Å². The zero-order valence-electron chi connectivity index (χ0n) is 12.0. The predicted molar refractivity (Wildman–Crippen MR) is 81.7 cm³/mol. The molecule has 0 saturated carbocycles. The summed E-state index contributed by atoms with van der Waals surface area (Å²) in [6.45, 7) is 8.24. The van der Waals surface area contributed by atoms with Crippen molar-refractivity contribution < 1.29 is 4.74 Å². The van der Waals surface area contributed by atoms with Gasteiger partial charge in [0.05, 0.1) is 0 Å². The minimum absolute atomic E-state index is 0.528. The van der Waals surface area contributed by atoms with Crippen LogP contribution in [0.15, 0.2) is 42.5 Å². The summed E-state index contributed by atoms with van der Waals surface area (Å²) in [6.07, 6.45) is 0. The van der Waals surface area contributed by atoms with Crippen molar-refractivity contribution in [2.24, 2.45) is 5.92 Å². The first-order chi connectivity index (χ1) is 9.16. The standard InChI is InChI=1S/C17H23NO/c1-13(2)14(3)18-10-11-19-17-9-8-15-6-4-5-7-16(15)12-17/h4-9,12-14,18H,10-11H2,1-3H3. The molecule has 1 atom stereocenters. The first-order valence-corrected chi connectivity index (χ1v) is 7.02. The van der Waals surface area contributed by atoms with Gasteiger partial charge < -0.3 is 10.1 Å². The predicted octanol–water partition coefficient (Wildman–Crippen LogP) is 3.85. The van der Waals surface area contributed by atoms with E-state index in [1.165, 1.54) is 10.8 Å². The molecular formula is C17H23NO. The summed E-state index contributed by atoms with van der Waals surface area (Å²) in [4.78, 5) is 0. The average molecular weight is 257 g/mol. The first-order valence-electron chi connectivity index (χ1n) is 7.02. The van der Waals surface area contributed by atoms with Crippen LogP contribution < -0.4 is 10.1 Å². The lowest BCUT2D eigenvalue weighted by Gasteiger charge is -2.17. The molecule has 2 aromatic rings. The summed E-state index contributed by atoms with van der Waals surface area (Å²) >= 11 is 0. The van der Waals surface area contributed by atoms with Gasteiger partial charge in [-0.3, -0.25) is 0 Å². The van der Waals surface area contributed by atoms with Crippen LogP contribution in [0.1, 0.15) is 20.8 Å². The molecule has 19 heavy (non-hydrogen) atoms. The number of ether oxygens (including phenoxy) is 1. The zero-order valence-corrected chi connectivity index (χ0v) is 12.0. The van der Waals surface area contributed by atoms with E-state index in [1.54, 1.807) is 0 Å². The molecule has 102 valence electrons. The second-order valence-electron chi connectivity index (χ2n) is 5.34. The summed E-state index contributed by atoms with van der Waals surface area (Å²) in [6, 6.07) is 15.1. The van der Waals surface area contributed by atoms with Crippen molar-refractivity contribution in [3.05, 3.63) is 42.5 Å². The molecule has 0 aromatic heterocycles. The van der Waals surface area contributed by atoms with Crippen LogP contribution in [-0.2, 0) is 0 Å². The monoisotopic (exact) mass is 257 g/mol. The van der Waals surface area contributed by atoms with Gasteiger partial charge in [0, 0.05) is 12.6 Å². The Morgan fingerprint density at radius 3 is 2.47 bits per heavy atom. The van der Waals surface area contributed by atoms with Gasteiger partial charge in [0.2, 0.25) is 0 Å². The second-order valence-corrected chi connectivity index (χ2v) is 5.34. The van der Waals surface area contributed by atoms with E-state index >= 15 is 0 Å². The molecule has 0 amide bonds. The third kappa shape index (κ3) is 3.97. The molecule has 2 nitrogen and oxygen atoms in total. The van der Waals surface area contributed by atoms with E-state index in [0.717, 1.165) is 12.3 Å². The lowest BCUT2D eigenvalue weighted by Crippen LogP contribution is -2.33.